The minimum Gasteiger partial charge on any atom is -0.493 e. The van der Waals surface area contributed by atoms with E-state index in [1.165, 1.54) is 6.08 Å². The van der Waals surface area contributed by atoms with Crippen LogP contribution in [-0.4, -0.2) is 26.3 Å². The Morgan fingerprint density at radius 3 is 2.62 bits per heavy atom. The lowest BCUT2D eigenvalue weighted by Crippen LogP contribution is -2.00. The van der Waals surface area contributed by atoms with Crippen LogP contribution in [0.2, 0.25) is 0 Å². The van der Waals surface area contributed by atoms with Crippen LogP contribution in [0.5, 0.6) is 11.5 Å². The molecule has 0 saturated carbocycles. The van der Waals surface area contributed by atoms with Gasteiger partial charge in [-0.15, -0.1) is 0 Å². The number of esters is 1. The lowest BCUT2D eigenvalue weighted by molar-refractivity contribution is -0.136. The number of hydrogen-bond donors (Lipinski definition) is 0. The summed E-state index contributed by atoms with van der Waals surface area (Å²) >= 11 is 0. The van der Waals surface area contributed by atoms with E-state index in [0.717, 1.165) is 11.1 Å². The molecule has 1 aromatic carbocycles. The summed E-state index contributed by atoms with van der Waals surface area (Å²) in [5.74, 6) is 0.946. The fourth-order valence-electron chi connectivity index (χ4n) is 1.57. The van der Waals surface area contributed by atoms with Crippen molar-refractivity contribution in [1.82, 2.24) is 0 Å². The first-order chi connectivity index (χ1) is 10.1. The maximum absolute atomic E-state index is 11.5. The second-order valence-corrected chi connectivity index (χ2v) is 4.59. The Morgan fingerprint density at radius 2 is 2.00 bits per heavy atom. The van der Waals surface area contributed by atoms with E-state index in [9.17, 15) is 4.79 Å². The van der Waals surface area contributed by atoms with Gasteiger partial charge in [0, 0.05) is 6.08 Å². The van der Waals surface area contributed by atoms with Gasteiger partial charge in [0.25, 0.3) is 0 Å². The molecule has 0 amide bonds. The van der Waals surface area contributed by atoms with E-state index in [4.69, 9.17) is 14.2 Å². The summed E-state index contributed by atoms with van der Waals surface area (Å²) in [7, 11) is 1.59. The van der Waals surface area contributed by atoms with Crippen molar-refractivity contribution < 1.29 is 19.0 Å². The van der Waals surface area contributed by atoms with E-state index in [1.807, 2.05) is 39.0 Å². The van der Waals surface area contributed by atoms with Gasteiger partial charge in [0.05, 0.1) is 13.7 Å². The minimum atomic E-state index is -0.374. The molecule has 0 spiro atoms. The van der Waals surface area contributed by atoms with E-state index >= 15 is 0 Å². The second kappa shape index (κ2) is 8.84. The van der Waals surface area contributed by atoms with E-state index in [2.05, 4.69) is 0 Å². The van der Waals surface area contributed by atoms with Gasteiger partial charge in [0.1, 0.15) is 6.61 Å². The quantitative estimate of drug-likeness (QED) is 0.437. The molecule has 0 bridgehead atoms. The second-order valence-electron chi connectivity index (χ2n) is 4.59. The summed E-state index contributed by atoms with van der Waals surface area (Å²) in [6.45, 7) is 6.65. The highest BCUT2D eigenvalue weighted by Gasteiger charge is 2.04. The average molecular weight is 290 g/mol. The monoisotopic (exact) mass is 290 g/mol. The van der Waals surface area contributed by atoms with Crippen LogP contribution in [0.3, 0.4) is 0 Å². The largest absolute Gasteiger partial charge is 0.493 e. The van der Waals surface area contributed by atoms with Crippen LogP contribution in [-0.2, 0) is 9.53 Å². The van der Waals surface area contributed by atoms with Crippen molar-refractivity contribution >= 4 is 12.0 Å². The standard InChI is InChI=1S/C17H22O4/c1-5-20-16-12-14(6-8-15(16)19-4)7-9-17(18)21-11-10-13(2)3/h6-10,12H,5,11H2,1-4H3. The first kappa shape index (κ1) is 16.8. The van der Waals surface area contributed by atoms with Gasteiger partial charge in [0.15, 0.2) is 11.5 Å². The minimum absolute atomic E-state index is 0.290. The normalized spacial score (nSPS) is 10.3. The molecule has 0 fully saturated rings. The van der Waals surface area contributed by atoms with Crippen molar-refractivity contribution in [3.05, 3.63) is 41.5 Å². The smallest absolute Gasteiger partial charge is 0.331 e. The molecule has 0 aliphatic rings. The summed E-state index contributed by atoms with van der Waals surface area (Å²) in [6, 6.07) is 5.47. The molecule has 21 heavy (non-hydrogen) atoms. The molecule has 0 heterocycles. The first-order valence-corrected chi connectivity index (χ1v) is 6.85. The molecule has 4 nitrogen and oxygen atoms in total. The SMILES string of the molecule is CCOc1cc(C=CC(=O)OCC=C(C)C)ccc1OC. The maximum atomic E-state index is 11.5. The molecule has 0 aromatic heterocycles. The molecular formula is C17H22O4. The van der Waals surface area contributed by atoms with Crippen molar-refractivity contribution in [2.75, 3.05) is 20.3 Å². The molecule has 0 aliphatic heterocycles. The molecule has 0 unspecified atom stereocenters. The summed E-state index contributed by atoms with van der Waals surface area (Å²) in [4.78, 5) is 11.5. The fourth-order valence-corrected chi connectivity index (χ4v) is 1.57. The zero-order valence-corrected chi connectivity index (χ0v) is 13.0. The third-order valence-electron chi connectivity index (χ3n) is 2.62. The van der Waals surface area contributed by atoms with Crippen molar-refractivity contribution in [2.24, 2.45) is 0 Å². The zero-order chi connectivity index (χ0) is 15.7. The van der Waals surface area contributed by atoms with Crippen LogP contribution in [0, 0.1) is 0 Å². The Bertz CT molecular complexity index is 526. The topological polar surface area (TPSA) is 44.8 Å². The third-order valence-corrected chi connectivity index (χ3v) is 2.62. The van der Waals surface area contributed by atoms with Crippen molar-refractivity contribution in [1.29, 1.82) is 0 Å². The first-order valence-electron chi connectivity index (χ1n) is 6.85. The average Bonchev–Trinajstić information content (AvgIpc) is 2.45. The summed E-state index contributed by atoms with van der Waals surface area (Å²) in [5.41, 5.74) is 1.96. The van der Waals surface area contributed by atoms with Crippen LogP contribution < -0.4 is 9.47 Å². The Morgan fingerprint density at radius 1 is 1.24 bits per heavy atom. The Labute approximate surface area is 126 Å². The van der Waals surface area contributed by atoms with E-state index in [1.54, 1.807) is 19.3 Å². The van der Waals surface area contributed by atoms with Gasteiger partial charge in [-0.05, 0) is 50.6 Å². The van der Waals surface area contributed by atoms with Gasteiger partial charge in [-0.2, -0.15) is 0 Å². The van der Waals surface area contributed by atoms with Gasteiger partial charge in [-0.1, -0.05) is 11.6 Å². The van der Waals surface area contributed by atoms with Gasteiger partial charge in [-0.25, -0.2) is 4.79 Å². The summed E-state index contributed by atoms with van der Waals surface area (Å²) in [6.07, 6.45) is 4.94. The molecule has 0 aliphatic carbocycles. The predicted molar refractivity (Wildman–Crippen MR) is 83.6 cm³/mol. The van der Waals surface area contributed by atoms with Gasteiger partial charge in [-0.3, -0.25) is 0 Å². The number of carbonyl (C=O) groups excluding carboxylic acids is 1. The van der Waals surface area contributed by atoms with E-state index < -0.39 is 0 Å². The summed E-state index contributed by atoms with van der Waals surface area (Å²) in [5, 5.41) is 0. The highest BCUT2D eigenvalue weighted by Crippen LogP contribution is 2.28. The highest BCUT2D eigenvalue weighted by atomic mass is 16.5. The molecule has 1 rings (SSSR count). The van der Waals surface area contributed by atoms with Crippen LogP contribution in [0.1, 0.15) is 26.3 Å². The Balaban J connectivity index is 2.69. The lowest BCUT2D eigenvalue weighted by Gasteiger charge is -2.09. The predicted octanol–water partition coefficient (Wildman–Crippen LogP) is 3.62. The van der Waals surface area contributed by atoms with Crippen LogP contribution in [0.4, 0.5) is 0 Å². The van der Waals surface area contributed by atoms with Crippen molar-refractivity contribution in [3.8, 4) is 11.5 Å². The molecule has 114 valence electrons. The zero-order valence-electron chi connectivity index (χ0n) is 13.0. The number of allylic oxidation sites excluding steroid dienone is 1. The number of benzene rings is 1. The fraction of sp³-hybridized carbons (Fsp3) is 0.353. The van der Waals surface area contributed by atoms with Gasteiger partial charge < -0.3 is 14.2 Å². The van der Waals surface area contributed by atoms with Crippen LogP contribution in [0.15, 0.2) is 35.9 Å². The molecule has 0 atom stereocenters. The van der Waals surface area contributed by atoms with Crippen molar-refractivity contribution in [3.63, 3.8) is 0 Å². The van der Waals surface area contributed by atoms with Crippen LogP contribution >= 0.6 is 0 Å². The molecule has 1 aromatic rings. The maximum Gasteiger partial charge on any atom is 0.331 e. The molecule has 0 N–H and O–H groups in total. The third kappa shape index (κ3) is 6.17. The van der Waals surface area contributed by atoms with Gasteiger partial charge in [0.2, 0.25) is 0 Å². The number of ether oxygens (including phenoxy) is 3. The lowest BCUT2D eigenvalue weighted by atomic mass is 10.2. The molecule has 4 heteroatoms. The Hall–Kier alpha value is -2.23. The number of methoxy groups -OCH3 is 1. The number of hydrogen-bond acceptors (Lipinski definition) is 4. The molecule has 0 radical (unpaired) electrons. The van der Waals surface area contributed by atoms with Crippen LogP contribution in [0.25, 0.3) is 6.08 Å². The van der Waals surface area contributed by atoms with E-state index in [0.29, 0.717) is 18.1 Å². The summed E-state index contributed by atoms with van der Waals surface area (Å²) < 4.78 is 15.7. The molecular weight excluding hydrogens is 268 g/mol. The molecule has 0 saturated heterocycles. The number of carbonyl (C=O) groups is 1. The van der Waals surface area contributed by atoms with Gasteiger partial charge >= 0.3 is 5.97 Å². The number of rotatable bonds is 7. The van der Waals surface area contributed by atoms with E-state index in [-0.39, 0.29) is 12.6 Å². The van der Waals surface area contributed by atoms with Crippen molar-refractivity contribution in [2.45, 2.75) is 20.8 Å². The Kier molecular flexibility index (Phi) is 7.09. The highest BCUT2D eigenvalue weighted by molar-refractivity contribution is 5.87.